The number of carbonyl (C=O) groups excluding carboxylic acids is 1. The molecule has 1 aliphatic rings. The molecule has 1 aliphatic heterocycles. The van der Waals surface area contributed by atoms with Gasteiger partial charge >= 0.3 is 6.03 Å². The fourth-order valence-electron chi connectivity index (χ4n) is 3.13. The van der Waals surface area contributed by atoms with Gasteiger partial charge in [0, 0.05) is 24.2 Å². The Hall–Kier alpha value is -2.14. The molecule has 1 aromatic heterocycles. The first-order chi connectivity index (χ1) is 10.6. The van der Waals surface area contributed by atoms with Crippen molar-refractivity contribution in [1.82, 2.24) is 9.88 Å². The normalized spacial score (nSPS) is 19.4. The van der Waals surface area contributed by atoms with E-state index in [-0.39, 0.29) is 12.1 Å². The molecule has 2 atom stereocenters. The van der Waals surface area contributed by atoms with Crippen molar-refractivity contribution < 1.29 is 9.90 Å². The predicted octanol–water partition coefficient (Wildman–Crippen LogP) is 3.00. The van der Waals surface area contributed by atoms with Crippen LogP contribution in [0.5, 0.6) is 0 Å². The molecule has 0 saturated carbocycles. The zero-order valence-corrected chi connectivity index (χ0v) is 12.7. The monoisotopic (exact) mass is 299 g/mol. The average molecular weight is 299 g/mol. The van der Waals surface area contributed by atoms with E-state index in [0.717, 1.165) is 36.0 Å². The summed E-state index contributed by atoms with van der Waals surface area (Å²) in [6, 6.07) is 9.62. The molecule has 116 valence electrons. The lowest BCUT2D eigenvalue weighted by atomic mass is 10.1. The Bertz CT molecular complexity index is 667. The number of pyridine rings is 1. The minimum atomic E-state index is -0.391. The van der Waals surface area contributed by atoms with Crippen molar-refractivity contribution in [3.05, 3.63) is 36.5 Å². The largest absolute Gasteiger partial charge is 0.393 e. The number of likely N-dealkylation sites (tertiary alicyclic amines) is 1. The molecular formula is C17H21N3O2. The number of aliphatic hydroxyl groups excluding tert-OH is 1. The van der Waals surface area contributed by atoms with Crippen LogP contribution in [-0.2, 0) is 0 Å². The summed E-state index contributed by atoms with van der Waals surface area (Å²) in [6.45, 7) is 2.50. The van der Waals surface area contributed by atoms with Crippen molar-refractivity contribution >= 4 is 22.6 Å². The Balaban J connectivity index is 1.78. The molecule has 5 nitrogen and oxygen atoms in total. The Morgan fingerprint density at radius 1 is 1.45 bits per heavy atom. The number of aliphatic hydroxyl groups is 1. The van der Waals surface area contributed by atoms with E-state index in [9.17, 15) is 9.90 Å². The number of hydrogen-bond acceptors (Lipinski definition) is 3. The quantitative estimate of drug-likeness (QED) is 0.915. The second-order valence-corrected chi connectivity index (χ2v) is 5.89. The Kier molecular flexibility index (Phi) is 4.24. The lowest BCUT2D eigenvalue weighted by Gasteiger charge is -2.26. The van der Waals surface area contributed by atoms with E-state index in [1.165, 1.54) is 0 Å². The lowest BCUT2D eigenvalue weighted by Crippen LogP contribution is -2.40. The third-order valence-electron chi connectivity index (χ3n) is 4.13. The van der Waals surface area contributed by atoms with Gasteiger partial charge in [0.05, 0.1) is 17.3 Å². The maximum atomic E-state index is 12.6. The standard InChI is InChI=1S/C17H21N3O2/c1-12(21)11-14-7-4-10-20(14)17(22)19-15-8-2-5-13-6-3-9-18-16(13)15/h2-3,5-6,8-9,12,14,21H,4,7,10-11H2,1H3,(H,19,22). The first-order valence-corrected chi connectivity index (χ1v) is 7.74. The van der Waals surface area contributed by atoms with Crippen LogP contribution in [0.15, 0.2) is 36.5 Å². The van der Waals surface area contributed by atoms with Crippen LogP contribution in [0.2, 0.25) is 0 Å². The number of para-hydroxylation sites is 1. The molecular weight excluding hydrogens is 278 g/mol. The summed E-state index contributed by atoms with van der Waals surface area (Å²) in [7, 11) is 0. The highest BCUT2D eigenvalue weighted by molar-refractivity contribution is 5.99. The number of rotatable bonds is 3. The number of hydrogen-bond donors (Lipinski definition) is 2. The summed E-state index contributed by atoms with van der Waals surface area (Å²) >= 11 is 0. The third-order valence-corrected chi connectivity index (χ3v) is 4.13. The predicted molar refractivity (Wildman–Crippen MR) is 86.8 cm³/mol. The van der Waals surface area contributed by atoms with Crippen LogP contribution in [0.3, 0.4) is 0 Å². The van der Waals surface area contributed by atoms with Crippen LogP contribution in [0.1, 0.15) is 26.2 Å². The third kappa shape index (κ3) is 3.04. The molecule has 22 heavy (non-hydrogen) atoms. The first kappa shape index (κ1) is 14.8. The van der Waals surface area contributed by atoms with Gasteiger partial charge in [0.25, 0.3) is 0 Å². The van der Waals surface area contributed by atoms with Gasteiger partial charge in [-0.2, -0.15) is 0 Å². The maximum Gasteiger partial charge on any atom is 0.322 e. The van der Waals surface area contributed by atoms with Crippen molar-refractivity contribution in [1.29, 1.82) is 0 Å². The molecule has 2 aromatic rings. The summed E-state index contributed by atoms with van der Waals surface area (Å²) in [5.41, 5.74) is 1.52. The van der Waals surface area contributed by atoms with Gasteiger partial charge in [0.1, 0.15) is 0 Å². The van der Waals surface area contributed by atoms with E-state index in [1.807, 2.05) is 35.2 Å². The van der Waals surface area contributed by atoms with Gasteiger partial charge in [0.15, 0.2) is 0 Å². The van der Waals surface area contributed by atoms with Crippen molar-refractivity contribution in [2.24, 2.45) is 0 Å². The molecule has 2 amide bonds. The molecule has 2 N–H and O–H groups in total. The van der Waals surface area contributed by atoms with Gasteiger partial charge in [-0.15, -0.1) is 0 Å². The van der Waals surface area contributed by atoms with E-state index < -0.39 is 6.10 Å². The van der Waals surface area contributed by atoms with Gasteiger partial charge in [0.2, 0.25) is 0 Å². The molecule has 3 rings (SSSR count). The number of aromatic nitrogens is 1. The van der Waals surface area contributed by atoms with E-state index in [2.05, 4.69) is 10.3 Å². The molecule has 2 unspecified atom stereocenters. The summed E-state index contributed by atoms with van der Waals surface area (Å²) in [5.74, 6) is 0. The zero-order chi connectivity index (χ0) is 15.5. The highest BCUT2D eigenvalue weighted by Crippen LogP contribution is 2.25. The topological polar surface area (TPSA) is 65.5 Å². The number of nitrogens with zero attached hydrogens (tertiary/aromatic N) is 2. The second kappa shape index (κ2) is 6.32. The number of nitrogens with one attached hydrogen (secondary N) is 1. The van der Waals surface area contributed by atoms with Gasteiger partial charge < -0.3 is 15.3 Å². The van der Waals surface area contributed by atoms with E-state index in [4.69, 9.17) is 0 Å². The first-order valence-electron chi connectivity index (χ1n) is 7.74. The minimum Gasteiger partial charge on any atom is -0.393 e. The fourth-order valence-corrected chi connectivity index (χ4v) is 3.13. The lowest BCUT2D eigenvalue weighted by molar-refractivity contribution is 0.142. The molecule has 0 bridgehead atoms. The summed E-state index contributed by atoms with van der Waals surface area (Å²) < 4.78 is 0. The molecule has 1 saturated heterocycles. The van der Waals surface area contributed by atoms with Crippen LogP contribution in [0, 0.1) is 0 Å². The van der Waals surface area contributed by atoms with Crippen molar-refractivity contribution in [2.75, 3.05) is 11.9 Å². The SMILES string of the molecule is CC(O)CC1CCCN1C(=O)Nc1cccc2cccnc12. The van der Waals surface area contributed by atoms with Crippen molar-refractivity contribution in [2.45, 2.75) is 38.3 Å². The van der Waals surface area contributed by atoms with Crippen LogP contribution in [-0.4, -0.2) is 39.7 Å². The van der Waals surface area contributed by atoms with E-state index >= 15 is 0 Å². The van der Waals surface area contributed by atoms with Crippen LogP contribution in [0.25, 0.3) is 10.9 Å². The Morgan fingerprint density at radius 2 is 2.27 bits per heavy atom. The highest BCUT2D eigenvalue weighted by atomic mass is 16.3. The Morgan fingerprint density at radius 3 is 3.09 bits per heavy atom. The minimum absolute atomic E-state index is 0.110. The van der Waals surface area contributed by atoms with Crippen molar-refractivity contribution in [3.8, 4) is 0 Å². The smallest absolute Gasteiger partial charge is 0.322 e. The van der Waals surface area contributed by atoms with E-state index in [0.29, 0.717) is 6.42 Å². The zero-order valence-electron chi connectivity index (χ0n) is 12.7. The average Bonchev–Trinajstić information content (AvgIpc) is 2.95. The van der Waals surface area contributed by atoms with E-state index in [1.54, 1.807) is 13.1 Å². The molecule has 5 heteroatoms. The van der Waals surface area contributed by atoms with Gasteiger partial charge in [-0.05, 0) is 38.3 Å². The highest BCUT2D eigenvalue weighted by Gasteiger charge is 2.29. The number of fused-ring (bicyclic) bond motifs is 1. The van der Waals surface area contributed by atoms with Crippen LogP contribution >= 0.6 is 0 Å². The number of benzene rings is 1. The summed E-state index contributed by atoms with van der Waals surface area (Å²) in [4.78, 5) is 18.7. The van der Waals surface area contributed by atoms with Crippen molar-refractivity contribution in [3.63, 3.8) is 0 Å². The van der Waals surface area contributed by atoms with Gasteiger partial charge in [-0.25, -0.2) is 4.79 Å². The second-order valence-electron chi connectivity index (χ2n) is 5.89. The molecule has 1 aromatic carbocycles. The summed E-state index contributed by atoms with van der Waals surface area (Å²) in [6.07, 6.45) is 3.90. The number of amides is 2. The van der Waals surface area contributed by atoms with Crippen LogP contribution < -0.4 is 5.32 Å². The van der Waals surface area contributed by atoms with Gasteiger partial charge in [-0.1, -0.05) is 18.2 Å². The molecule has 2 heterocycles. The molecule has 1 fully saturated rings. The fraction of sp³-hybridized carbons (Fsp3) is 0.412. The molecule has 0 spiro atoms. The summed E-state index contributed by atoms with van der Waals surface area (Å²) in [5, 5.41) is 13.6. The number of anilines is 1. The number of urea groups is 1. The molecule has 0 radical (unpaired) electrons. The van der Waals surface area contributed by atoms with Gasteiger partial charge in [-0.3, -0.25) is 4.98 Å². The Labute approximate surface area is 130 Å². The van der Waals surface area contributed by atoms with Crippen LogP contribution in [0.4, 0.5) is 10.5 Å². The maximum absolute atomic E-state index is 12.6. The molecule has 0 aliphatic carbocycles. The number of carbonyl (C=O) groups is 1.